The number of para-hydroxylation sites is 3. The Hall–Kier alpha value is -16.0. The molecule has 0 saturated carbocycles. The van der Waals surface area contributed by atoms with Crippen molar-refractivity contribution in [1.29, 1.82) is 0 Å². The number of hydrogen-bond acceptors (Lipinski definition) is 26. The zero-order chi connectivity index (χ0) is 96.5. The number of imide groups is 2. The Kier molecular flexibility index (Phi) is 26.0. The van der Waals surface area contributed by atoms with Crippen molar-refractivity contribution in [3.63, 3.8) is 0 Å². The molecule has 0 bridgehead atoms. The summed E-state index contributed by atoms with van der Waals surface area (Å²) in [7, 11) is 3.54. The minimum absolute atomic E-state index is 0.0249. The third-order valence-corrected chi connectivity index (χ3v) is 28.2. The van der Waals surface area contributed by atoms with E-state index in [1.54, 1.807) is 89.0 Å². The zero-order valence-electron chi connectivity index (χ0n) is 76.8. The number of pyridine rings is 2. The number of ether oxygens (including phenoxy) is 4. The summed E-state index contributed by atoms with van der Waals surface area (Å²) >= 11 is 2.70. The highest BCUT2D eigenvalue weighted by atomic mass is 32.1. The van der Waals surface area contributed by atoms with Crippen molar-refractivity contribution < 1.29 is 72.0 Å². The fourth-order valence-electron chi connectivity index (χ4n) is 19.3. The highest BCUT2D eigenvalue weighted by Gasteiger charge is 2.39. The molecule has 15 aromatic rings. The van der Waals surface area contributed by atoms with E-state index in [2.05, 4.69) is 56.9 Å². The van der Waals surface area contributed by atoms with Crippen LogP contribution in [0.1, 0.15) is 142 Å². The summed E-state index contributed by atoms with van der Waals surface area (Å²) in [6.07, 6.45) is 1.32. The minimum Gasteiger partial charge on any atom is -0.494 e. The summed E-state index contributed by atoms with van der Waals surface area (Å²) in [5.74, 6) is -3.59. The number of nitrogens with zero attached hydrogens (tertiary/aromatic N) is 12. The van der Waals surface area contributed by atoms with Crippen molar-refractivity contribution in [3.8, 4) is 39.5 Å². The number of carbonyl (C=O) groups is 10. The molecule has 0 spiro atoms. The van der Waals surface area contributed by atoms with E-state index in [1.165, 1.54) is 22.7 Å². The van der Waals surface area contributed by atoms with Gasteiger partial charge in [-0.05, 0) is 199 Å². The van der Waals surface area contributed by atoms with E-state index in [9.17, 15) is 48.3 Å². The maximum atomic E-state index is 16.1. The van der Waals surface area contributed by atoms with Gasteiger partial charge >= 0.3 is 11.9 Å². The van der Waals surface area contributed by atoms with Gasteiger partial charge < -0.3 is 49.4 Å². The first-order valence-electron chi connectivity index (χ1n) is 46.3. The number of aromatic carboxylic acids is 1. The van der Waals surface area contributed by atoms with Crippen LogP contribution >= 0.6 is 22.7 Å². The molecule has 3 saturated heterocycles. The number of amides is 8. The first-order chi connectivity index (χ1) is 68.0. The van der Waals surface area contributed by atoms with Crippen molar-refractivity contribution in [2.24, 2.45) is 14.1 Å². The van der Waals surface area contributed by atoms with Crippen molar-refractivity contribution in [3.05, 3.63) is 279 Å². The van der Waals surface area contributed by atoms with Crippen LogP contribution in [0.15, 0.2) is 206 Å². The molecular weight excluding hydrogens is 1820 g/mol. The van der Waals surface area contributed by atoms with Crippen molar-refractivity contribution in [2.75, 3.05) is 103 Å². The van der Waals surface area contributed by atoms with Crippen molar-refractivity contribution >= 4 is 157 Å². The number of benzene rings is 9. The van der Waals surface area contributed by atoms with Gasteiger partial charge in [0.2, 0.25) is 35.4 Å². The molecule has 33 nitrogen and oxygen atoms in total. The maximum absolute atomic E-state index is 16.1. The Labute approximate surface area is 810 Å². The lowest BCUT2D eigenvalue weighted by molar-refractivity contribution is -0.135. The van der Waals surface area contributed by atoms with Gasteiger partial charge in [-0.3, -0.25) is 73.9 Å². The van der Waals surface area contributed by atoms with E-state index in [0.29, 0.717) is 163 Å². The van der Waals surface area contributed by atoms with Gasteiger partial charge in [-0.2, -0.15) is 10.2 Å². The molecule has 0 radical (unpaired) electrons. The number of carboxylic acids is 1. The smallest absolute Gasteiger partial charge is 0.358 e. The second kappa shape index (κ2) is 39.6. The second-order valence-corrected chi connectivity index (χ2v) is 37.4. The van der Waals surface area contributed by atoms with Crippen LogP contribution in [-0.2, 0) is 73.5 Å². The number of carbonyl (C=O) groups excluding carboxylic acids is 9. The molecule has 20 rings (SSSR count). The molecule has 8 amide bonds. The molecule has 140 heavy (non-hydrogen) atoms. The van der Waals surface area contributed by atoms with Gasteiger partial charge in [0, 0.05) is 124 Å². The molecule has 35 heteroatoms. The molecule has 708 valence electrons. The van der Waals surface area contributed by atoms with Crippen LogP contribution in [0.25, 0.3) is 64.5 Å². The summed E-state index contributed by atoms with van der Waals surface area (Å²) in [4.78, 5) is 164. The van der Waals surface area contributed by atoms with Gasteiger partial charge in [0.1, 0.15) is 48.2 Å². The highest BCUT2D eigenvalue weighted by Crippen LogP contribution is 2.43. The number of carboxylic acid groups (broad SMARTS) is 1. The Morgan fingerprint density at radius 1 is 0.514 bits per heavy atom. The number of hydrogen-bond donors (Lipinski definition) is 7. The topological polar surface area (TPSA) is 400 Å². The number of piperidine rings is 2. The van der Waals surface area contributed by atoms with Crippen LogP contribution in [0, 0.1) is 13.8 Å². The van der Waals surface area contributed by atoms with Crippen molar-refractivity contribution in [1.82, 2.24) is 59.9 Å². The van der Waals surface area contributed by atoms with Gasteiger partial charge in [0.15, 0.2) is 21.7 Å². The van der Waals surface area contributed by atoms with Gasteiger partial charge in [-0.1, -0.05) is 114 Å². The number of rotatable bonds is 29. The van der Waals surface area contributed by atoms with Gasteiger partial charge in [-0.15, -0.1) is 0 Å². The summed E-state index contributed by atoms with van der Waals surface area (Å²) < 4.78 is 31.0. The van der Waals surface area contributed by atoms with E-state index in [4.69, 9.17) is 33.9 Å². The molecule has 3 unspecified atom stereocenters. The lowest BCUT2D eigenvalue weighted by Crippen LogP contribution is -2.48. The normalized spacial score (nSPS) is 16.2. The van der Waals surface area contributed by atoms with E-state index < -0.39 is 41.7 Å². The minimum atomic E-state index is -1.30. The van der Waals surface area contributed by atoms with E-state index >= 15 is 4.79 Å². The molecule has 5 aliphatic rings. The third-order valence-electron chi connectivity index (χ3n) is 26.3. The molecule has 3 atom stereocenters. The van der Waals surface area contributed by atoms with Crippen LogP contribution < -0.4 is 55.9 Å². The summed E-state index contributed by atoms with van der Waals surface area (Å²) in [6, 6.07) is 62.3. The average Bonchev–Trinajstić information content (AvgIpc) is 1.27. The van der Waals surface area contributed by atoms with Gasteiger partial charge in [-0.25, -0.2) is 29.5 Å². The molecule has 0 aliphatic carbocycles. The van der Waals surface area contributed by atoms with Crippen LogP contribution in [0.2, 0.25) is 0 Å². The molecule has 6 aromatic heterocycles. The third kappa shape index (κ3) is 19.5. The van der Waals surface area contributed by atoms with Gasteiger partial charge in [0.05, 0.1) is 86.5 Å². The lowest BCUT2D eigenvalue weighted by atomic mass is 9.92. The number of aromatic nitrogens is 8. The fourth-order valence-corrected chi connectivity index (χ4v) is 21.0. The quantitative estimate of drug-likeness (QED) is 0.0130. The number of aryl methyl sites for hydroxylation is 3. The van der Waals surface area contributed by atoms with Crippen molar-refractivity contribution in [2.45, 2.75) is 89.8 Å². The Bertz CT molecular complexity index is 7440. The van der Waals surface area contributed by atoms with E-state index in [1.807, 2.05) is 164 Å². The number of fused-ring (bicyclic) bond motifs is 6. The Balaban J connectivity index is 0.529. The number of esters is 1. The van der Waals surface area contributed by atoms with Crippen LogP contribution in [-0.4, -0.2) is 186 Å². The number of anilines is 6. The summed E-state index contributed by atoms with van der Waals surface area (Å²) in [5.41, 5.74) is 12.4. The molecule has 9 aromatic carbocycles. The molecule has 11 heterocycles. The molecule has 5 aliphatic heterocycles. The molecule has 3 fully saturated rings. The summed E-state index contributed by atoms with van der Waals surface area (Å²) in [6.45, 7) is 8.97. The SMILES string of the molecule is Cc1cc(OCCCN2CCN(CC(=O)Nc3ccc4c(C5CCC(=O)NC5=O)nn(C)c4c3)CC2)ccc1-c1ccc(N2Cc3c(C(=O)Nc4nc5ccccc5s4)cccc3C(OC(=O)c3nc(N4CCc5cccc(C(=O)Nc6nc7ccccc7s6)c5C4)ccc3-c3cccc(OCCOc4ccc(CC(=O)Nc5cccc6c(C7CCC(=O)NC7=O)nn(C)c56)cc4)c3C)C2)nc1C(=O)O. The predicted octanol–water partition coefficient (Wildman–Crippen LogP) is 14.8. The van der Waals surface area contributed by atoms with Crippen LogP contribution in [0.4, 0.5) is 33.3 Å². The Morgan fingerprint density at radius 2 is 1.12 bits per heavy atom. The first-order valence-corrected chi connectivity index (χ1v) is 48.0. The number of thiazole rings is 2. The highest BCUT2D eigenvalue weighted by molar-refractivity contribution is 7.22. The standard InChI is InChI=1S/C105H96N18O15S2/c1-59-52-65(135-49-13-43-120-45-47-121(48-46-120)58-92(127)106-63-28-32-73-82(54-63)118(3)116-93(73)75-36-40-89(124)112-100(75)130)31-33-66(59)69-34-39-88(110-95(69)102(132)133)123-56-78-68(16-10-18-72(78)99(129)115-105-109-80-21-6-8-25-86(80)140-105)84(57-123)138-103(134)96-70(35-38-87(111-96)122-44-42-62-14-9-17-71(77(62)55-122)98(128)114-104-108-79-20-5-7-24-85(79)139-104)67-15-12-23-83(60(67)2)137-51-50-136-64-29-26-61(27-30-64)53-91(126)107-81-22-11-19-74-94(117-119(4)97(74)81)76-37-41-90(125)113-101(76)131/h5-12,14-35,38-39,52,54,75-76,84H,13,36-37,40-51,53,55-58H2,1-4H3,(H,106,127)(H,107,126)(H,132,133)(H,108,114,128)(H,109,115,129)(H,112,124,130)(H,113,125,131). The summed E-state index contributed by atoms with van der Waals surface area (Å²) in [5, 5.41) is 39.8. The van der Waals surface area contributed by atoms with Gasteiger partial charge in [0.25, 0.3) is 11.8 Å². The van der Waals surface area contributed by atoms with E-state index in [-0.39, 0.29) is 117 Å². The largest absolute Gasteiger partial charge is 0.494 e. The maximum Gasteiger partial charge on any atom is 0.358 e. The van der Waals surface area contributed by atoms with Crippen LogP contribution in [0.5, 0.6) is 17.2 Å². The Morgan fingerprint density at radius 3 is 1.81 bits per heavy atom. The monoisotopic (exact) mass is 1910 g/mol. The molecular formula is C105H96N18O15S2. The first kappa shape index (κ1) is 91.8. The zero-order valence-corrected chi connectivity index (χ0v) is 78.5. The lowest BCUT2D eigenvalue weighted by Gasteiger charge is -2.36. The molecule has 7 N–H and O–H groups in total. The fraction of sp³-hybridized carbons (Fsp3) is 0.257. The number of nitrogens with one attached hydrogen (secondary N) is 6. The average molecular weight is 1910 g/mol. The van der Waals surface area contributed by atoms with Crippen LogP contribution in [0.3, 0.4) is 0 Å². The second-order valence-electron chi connectivity index (χ2n) is 35.4. The predicted molar refractivity (Wildman–Crippen MR) is 531 cm³/mol. The van der Waals surface area contributed by atoms with E-state index in [0.717, 1.165) is 74.1 Å². The number of piperazine rings is 1.